The molecule has 0 aliphatic rings. The Morgan fingerprint density at radius 3 is 2.84 bits per heavy atom. The monoisotopic (exact) mass is 312 g/mol. The van der Waals surface area contributed by atoms with Crippen LogP contribution in [0.25, 0.3) is 11.3 Å². The van der Waals surface area contributed by atoms with Crippen LogP contribution in [0.4, 0.5) is 5.13 Å². The van der Waals surface area contributed by atoms with Crippen molar-refractivity contribution in [2.24, 2.45) is 0 Å². The van der Waals surface area contributed by atoms with E-state index in [0.717, 1.165) is 11.3 Å². The van der Waals surface area contributed by atoms with Crippen LogP contribution in [-0.2, 0) is 4.79 Å². The minimum absolute atomic E-state index is 0.197. The first-order valence-corrected chi connectivity index (χ1v) is 7.08. The van der Waals surface area contributed by atoms with Crippen molar-refractivity contribution in [2.75, 3.05) is 5.32 Å². The number of aromatic nitrogens is 1. The maximum atomic E-state index is 11.4. The zero-order chi connectivity index (χ0) is 13.8. The second-order valence-electron chi connectivity index (χ2n) is 3.66. The van der Waals surface area contributed by atoms with E-state index < -0.39 is 0 Å². The molecular weight excluding hydrogens is 303 g/mol. The van der Waals surface area contributed by atoms with Gasteiger partial charge in [0.2, 0.25) is 5.91 Å². The number of hydrogen-bond acceptors (Lipinski definition) is 3. The van der Waals surface area contributed by atoms with E-state index >= 15 is 0 Å². The number of hydrogen-bond donors (Lipinski definition) is 1. The number of nitrogens with one attached hydrogen (secondary N) is 1. The van der Waals surface area contributed by atoms with Crippen molar-refractivity contribution in [3.05, 3.63) is 45.8 Å². The van der Waals surface area contributed by atoms with Crippen LogP contribution in [0.1, 0.15) is 6.92 Å². The smallest absolute Gasteiger partial charge is 0.249 e. The predicted molar refractivity (Wildman–Crippen MR) is 81.0 cm³/mol. The highest BCUT2D eigenvalue weighted by Gasteiger charge is 2.08. The summed E-state index contributed by atoms with van der Waals surface area (Å²) in [7, 11) is 0. The number of thiazole rings is 1. The molecule has 19 heavy (non-hydrogen) atoms. The molecule has 0 radical (unpaired) electrons. The Morgan fingerprint density at radius 1 is 1.37 bits per heavy atom. The highest BCUT2D eigenvalue weighted by molar-refractivity contribution is 7.14. The third-order valence-electron chi connectivity index (χ3n) is 2.27. The fraction of sp³-hybridized carbons (Fsp3) is 0.0769. The van der Waals surface area contributed by atoms with Gasteiger partial charge in [-0.3, -0.25) is 10.1 Å². The van der Waals surface area contributed by atoms with E-state index in [9.17, 15) is 4.79 Å². The fourth-order valence-corrected chi connectivity index (χ4v) is 2.44. The fourth-order valence-electron chi connectivity index (χ4n) is 1.42. The molecule has 1 N–H and O–H groups in total. The molecule has 0 aliphatic carbocycles. The van der Waals surface area contributed by atoms with Gasteiger partial charge in [-0.1, -0.05) is 35.3 Å². The van der Waals surface area contributed by atoms with Gasteiger partial charge in [-0.05, 0) is 25.1 Å². The SMILES string of the molecule is C/C=C\C(=O)Nc1nc(-c2ccc(Cl)c(Cl)c2)cs1. The summed E-state index contributed by atoms with van der Waals surface area (Å²) in [5.41, 5.74) is 1.61. The van der Waals surface area contributed by atoms with Crippen molar-refractivity contribution in [3.8, 4) is 11.3 Å². The molecule has 3 nitrogen and oxygen atoms in total. The quantitative estimate of drug-likeness (QED) is 0.839. The number of carbonyl (C=O) groups excluding carboxylic acids is 1. The summed E-state index contributed by atoms with van der Waals surface area (Å²) in [6.07, 6.45) is 3.11. The molecule has 0 bridgehead atoms. The summed E-state index contributed by atoms with van der Waals surface area (Å²) in [4.78, 5) is 15.7. The third-order valence-corrected chi connectivity index (χ3v) is 3.76. The second-order valence-corrected chi connectivity index (χ2v) is 5.33. The van der Waals surface area contributed by atoms with Gasteiger partial charge in [0.25, 0.3) is 0 Å². The highest BCUT2D eigenvalue weighted by Crippen LogP contribution is 2.30. The Kier molecular flexibility index (Phi) is 4.58. The highest BCUT2D eigenvalue weighted by atomic mass is 35.5. The first-order valence-electron chi connectivity index (χ1n) is 5.45. The number of anilines is 1. The number of carbonyl (C=O) groups is 1. The molecule has 98 valence electrons. The number of allylic oxidation sites excluding steroid dienone is 1. The summed E-state index contributed by atoms with van der Waals surface area (Å²) in [5.74, 6) is -0.197. The Balaban J connectivity index is 2.20. The average Bonchev–Trinajstić information content (AvgIpc) is 2.81. The van der Waals surface area contributed by atoms with Crippen molar-refractivity contribution in [2.45, 2.75) is 6.92 Å². The molecule has 2 aromatic rings. The Bertz CT molecular complexity index is 637. The average molecular weight is 313 g/mol. The molecule has 1 amide bonds. The number of halogens is 2. The number of amides is 1. The van der Waals surface area contributed by atoms with Crippen molar-refractivity contribution in [1.29, 1.82) is 0 Å². The second kappa shape index (κ2) is 6.19. The Hall–Kier alpha value is -1.36. The number of nitrogens with zero attached hydrogens (tertiary/aromatic N) is 1. The number of rotatable bonds is 3. The molecule has 0 spiro atoms. The lowest BCUT2D eigenvalue weighted by molar-refractivity contribution is -0.111. The lowest BCUT2D eigenvalue weighted by atomic mass is 10.2. The van der Waals surface area contributed by atoms with Crippen LogP contribution in [0.15, 0.2) is 35.7 Å². The summed E-state index contributed by atoms with van der Waals surface area (Å²) in [5, 5.41) is 6.06. The van der Waals surface area contributed by atoms with E-state index in [1.165, 1.54) is 17.4 Å². The lowest BCUT2D eigenvalue weighted by Gasteiger charge is -1.99. The van der Waals surface area contributed by atoms with Crippen LogP contribution in [0.3, 0.4) is 0 Å². The summed E-state index contributed by atoms with van der Waals surface area (Å²) >= 11 is 13.2. The van der Waals surface area contributed by atoms with Crippen LogP contribution in [0.5, 0.6) is 0 Å². The lowest BCUT2D eigenvalue weighted by Crippen LogP contribution is -2.07. The van der Waals surface area contributed by atoms with Crippen LogP contribution in [-0.4, -0.2) is 10.9 Å². The first-order chi connectivity index (χ1) is 9.10. The molecule has 0 saturated heterocycles. The normalized spacial score (nSPS) is 10.9. The molecule has 1 heterocycles. The van der Waals surface area contributed by atoms with E-state index in [4.69, 9.17) is 23.2 Å². The molecule has 0 aliphatic heterocycles. The summed E-state index contributed by atoms with van der Waals surface area (Å²) < 4.78 is 0. The topological polar surface area (TPSA) is 42.0 Å². The molecule has 1 aromatic heterocycles. The third kappa shape index (κ3) is 3.56. The van der Waals surface area contributed by atoms with Gasteiger partial charge in [-0.2, -0.15) is 0 Å². The van der Waals surface area contributed by atoms with Crippen molar-refractivity contribution in [1.82, 2.24) is 4.98 Å². The molecular formula is C13H10Cl2N2OS. The maximum Gasteiger partial charge on any atom is 0.249 e. The van der Waals surface area contributed by atoms with Gasteiger partial charge in [0.1, 0.15) is 0 Å². The molecule has 0 atom stereocenters. The van der Waals surface area contributed by atoms with Gasteiger partial charge >= 0.3 is 0 Å². The van der Waals surface area contributed by atoms with Gasteiger partial charge in [-0.25, -0.2) is 4.98 Å². The van der Waals surface area contributed by atoms with Gasteiger partial charge in [0, 0.05) is 10.9 Å². The summed E-state index contributed by atoms with van der Waals surface area (Å²) in [6.45, 7) is 1.78. The number of benzene rings is 1. The van der Waals surface area contributed by atoms with Crippen LogP contribution >= 0.6 is 34.5 Å². The summed E-state index contributed by atoms with van der Waals surface area (Å²) in [6, 6.07) is 5.30. The van der Waals surface area contributed by atoms with E-state index in [-0.39, 0.29) is 5.91 Å². The molecule has 0 fully saturated rings. The Morgan fingerprint density at radius 2 is 2.16 bits per heavy atom. The minimum atomic E-state index is -0.197. The van der Waals surface area contributed by atoms with E-state index in [1.807, 2.05) is 11.4 Å². The van der Waals surface area contributed by atoms with E-state index in [1.54, 1.807) is 25.1 Å². The molecule has 6 heteroatoms. The standard InChI is InChI=1S/C13H10Cl2N2OS/c1-2-3-12(18)17-13-16-11(7-19-13)8-4-5-9(14)10(15)6-8/h2-7H,1H3,(H,16,17,18)/b3-2-. The van der Waals surface area contributed by atoms with Crippen molar-refractivity contribution in [3.63, 3.8) is 0 Å². The van der Waals surface area contributed by atoms with Gasteiger partial charge in [0.05, 0.1) is 15.7 Å². The predicted octanol–water partition coefficient (Wildman–Crippen LogP) is 4.63. The maximum absolute atomic E-state index is 11.4. The molecule has 0 saturated carbocycles. The van der Waals surface area contributed by atoms with Crippen molar-refractivity contribution >= 4 is 45.6 Å². The molecule has 2 rings (SSSR count). The molecule has 1 aromatic carbocycles. The van der Waals surface area contributed by atoms with Crippen LogP contribution < -0.4 is 5.32 Å². The zero-order valence-corrected chi connectivity index (χ0v) is 12.3. The van der Waals surface area contributed by atoms with Crippen molar-refractivity contribution < 1.29 is 4.79 Å². The van der Waals surface area contributed by atoms with E-state index in [2.05, 4.69) is 10.3 Å². The van der Waals surface area contributed by atoms with Gasteiger partial charge in [0.15, 0.2) is 5.13 Å². The minimum Gasteiger partial charge on any atom is -0.298 e. The van der Waals surface area contributed by atoms with Crippen LogP contribution in [0.2, 0.25) is 10.0 Å². The van der Waals surface area contributed by atoms with E-state index in [0.29, 0.717) is 15.2 Å². The largest absolute Gasteiger partial charge is 0.298 e. The Labute approximate surface area is 124 Å². The molecule has 0 unspecified atom stereocenters. The zero-order valence-electron chi connectivity index (χ0n) is 9.98. The van der Waals surface area contributed by atoms with Gasteiger partial charge < -0.3 is 0 Å². The first kappa shape index (κ1) is 14.1. The van der Waals surface area contributed by atoms with Gasteiger partial charge in [-0.15, -0.1) is 11.3 Å². The van der Waals surface area contributed by atoms with Crippen LogP contribution in [0, 0.1) is 0 Å².